The van der Waals surface area contributed by atoms with Gasteiger partial charge in [0.1, 0.15) is 18.4 Å². The molecule has 192 valence electrons. The zero-order chi connectivity index (χ0) is 26.2. The molecule has 0 aromatic heterocycles. The molecule has 0 aliphatic heterocycles. The van der Waals surface area contributed by atoms with Crippen molar-refractivity contribution in [2.24, 2.45) is 0 Å². The molecule has 35 heavy (non-hydrogen) atoms. The number of nitrogens with zero attached hydrogens (tertiary/aromatic N) is 3. The maximum atomic E-state index is 14.6. The van der Waals surface area contributed by atoms with Crippen LogP contribution >= 0.6 is 0 Å². The molecule has 0 saturated heterocycles. The van der Waals surface area contributed by atoms with Crippen LogP contribution in [0.25, 0.3) is 0 Å². The molecule has 0 spiro atoms. The van der Waals surface area contributed by atoms with Crippen molar-refractivity contribution in [2.45, 2.75) is 46.2 Å². The Kier molecular flexibility index (Phi) is 10.2. The van der Waals surface area contributed by atoms with E-state index in [2.05, 4.69) is 5.32 Å². The number of rotatable bonds is 12. The normalized spacial score (nSPS) is 12.3. The van der Waals surface area contributed by atoms with Gasteiger partial charge in [0, 0.05) is 27.2 Å². The highest BCUT2D eigenvalue weighted by molar-refractivity contribution is 7.90. The second-order valence-corrected chi connectivity index (χ2v) is 10.6. The first kappa shape index (κ1) is 28.3. The molecule has 0 saturated carbocycles. The lowest BCUT2D eigenvalue weighted by atomic mass is 10.1. The van der Waals surface area contributed by atoms with E-state index >= 15 is 0 Å². The Hall–Kier alpha value is -2.98. The summed E-state index contributed by atoms with van der Waals surface area (Å²) in [5.41, 5.74) is 1.58. The van der Waals surface area contributed by atoms with E-state index in [-0.39, 0.29) is 18.1 Å². The van der Waals surface area contributed by atoms with Gasteiger partial charge in [-0.15, -0.1) is 0 Å². The first-order chi connectivity index (χ1) is 16.5. The van der Waals surface area contributed by atoms with Crippen LogP contribution in [0.2, 0.25) is 0 Å². The quantitative estimate of drug-likeness (QED) is 0.448. The third-order valence-corrected chi connectivity index (χ3v) is 7.42. The number of nitrogens with one attached hydrogen (secondary N) is 1. The molecular weight excluding hydrogens is 471 g/mol. The molecule has 8 nitrogen and oxygen atoms in total. The number of aryl methyl sites for hydroxylation is 1. The van der Waals surface area contributed by atoms with Gasteiger partial charge < -0.3 is 10.2 Å². The Morgan fingerprint density at radius 1 is 1.06 bits per heavy atom. The third-order valence-electron chi connectivity index (χ3n) is 5.61. The van der Waals surface area contributed by atoms with Crippen LogP contribution in [0.3, 0.4) is 0 Å². The summed E-state index contributed by atoms with van der Waals surface area (Å²) in [6.45, 7) is 5.44. The van der Waals surface area contributed by atoms with Gasteiger partial charge in [-0.1, -0.05) is 55.3 Å². The highest BCUT2D eigenvalue weighted by Crippen LogP contribution is 2.24. The topological polar surface area (TPSA) is 90.0 Å². The van der Waals surface area contributed by atoms with Gasteiger partial charge >= 0.3 is 10.2 Å². The van der Waals surface area contributed by atoms with E-state index in [4.69, 9.17) is 0 Å². The fraction of sp³-hybridized carbons (Fsp3) is 0.440. The summed E-state index contributed by atoms with van der Waals surface area (Å²) in [5.74, 6) is -1.75. The van der Waals surface area contributed by atoms with Gasteiger partial charge in [-0.3, -0.25) is 9.59 Å². The summed E-state index contributed by atoms with van der Waals surface area (Å²) in [5, 5.41) is 2.82. The van der Waals surface area contributed by atoms with E-state index in [0.29, 0.717) is 6.54 Å². The monoisotopic (exact) mass is 506 g/mol. The molecule has 0 unspecified atom stereocenters. The summed E-state index contributed by atoms with van der Waals surface area (Å²) in [6, 6.07) is 12.0. The van der Waals surface area contributed by atoms with Crippen molar-refractivity contribution >= 4 is 27.7 Å². The number of carbonyl (C=O) groups is 2. The Morgan fingerprint density at radius 3 is 2.26 bits per heavy atom. The van der Waals surface area contributed by atoms with Gasteiger partial charge in [0.25, 0.3) is 0 Å². The minimum absolute atomic E-state index is 0.0919. The zero-order valence-electron chi connectivity index (χ0n) is 21.0. The van der Waals surface area contributed by atoms with Gasteiger partial charge in [-0.05, 0) is 38.0 Å². The Bertz CT molecular complexity index is 1110. The molecular formula is C25H35FN4O4S. The number of unbranched alkanes of at least 4 members (excludes halogenated alkanes) is 1. The van der Waals surface area contributed by atoms with E-state index in [0.717, 1.165) is 38.6 Å². The van der Waals surface area contributed by atoms with E-state index in [1.807, 2.05) is 38.1 Å². The Balaban J connectivity index is 2.42. The number of amides is 2. The van der Waals surface area contributed by atoms with Gasteiger partial charge in [0.15, 0.2) is 0 Å². The summed E-state index contributed by atoms with van der Waals surface area (Å²) in [4.78, 5) is 27.7. The predicted octanol–water partition coefficient (Wildman–Crippen LogP) is 3.08. The summed E-state index contributed by atoms with van der Waals surface area (Å²) >= 11 is 0. The molecule has 2 aromatic carbocycles. The maximum absolute atomic E-state index is 14.6. The van der Waals surface area contributed by atoms with E-state index < -0.39 is 34.5 Å². The minimum atomic E-state index is -4.21. The second kappa shape index (κ2) is 12.6. The third kappa shape index (κ3) is 7.50. The number of anilines is 1. The first-order valence-electron chi connectivity index (χ1n) is 11.6. The summed E-state index contributed by atoms with van der Waals surface area (Å²) < 4.78 is 42.4. The average Bonchev–Trinajstić information content (AvgIpc) is 2.82. The smallest absolute Gasteiger partial charge is 0.304 e. The van der Waals surface area contributed by atoms with Crippen LogP contribution in [0.1, 0.15) is 37.8 Å². The fourth-order valence-corrected chi connectivity index (χ4v) is 4.43. The van der Waals surface area contributed by atoms with Gasteiger partial charge in [-0.2, -0.15) is 12.7 Å². The summed E-state index contributed by atoms with van der Waals surface area (Å²) in [7, 11) is -1.59. The molecule has 0 aliphatic rings. The van der Waals surface area contributed by atoms with Crippen LogP contribution in [0.4, 0.5) is 10.1 Å². The van der Waals surface area contributed by atoms with Crippen LogP contribution in [-0.2, 0) is 26.3 Å². The van der Waals surface area contributed by atoms with Crippen molar-refractivity contribution in [1.29, 1.82) is 0 Å². The van der Waals surface area contributed by atoms with Crippen molar-refractivity contribution in [1.82, 2.24) is 14.5 Å². The lowest BCUT2D eigenvalue weighted by molar-refractivity contribution is -0.139. The molecule has 2 rings (SSSR count). The van der Waals surface area contributed by atoms with Gasteiger partial charge in [0.2, 0.25) is 11.8 Å². The molecule has 0 aliphatic carbocycles. The maximum Gasteiger partial charge on any atom is 0.304 e. The van der Waals surface area contributed by atoms with Crippen molar-refractivity contribution < 1.29 is 22.4 Å². The highest BCUT2D eigenvalue weighted by Gasteiger charge is 2.33. The van der Waals surface area contributed by atoms with Crippen LogP contribution in [-0.4, -0.2) is 62.7 Å². The number of benzene rings is 2. The standard InChI is InChI=1S/C25H35FN4O4S/c1-6-7-16-27-25(32)20(3)29(17-21-14-12-19(2)13-15-21)24(31)18-30(35(33,34)28(4)5)23-11-9-8-10-22(23)26/h8-15,20H,6-7,16-18H2,1-5H3,(H,27,32)/t20-/m0/s1. The molecule has 0 heterocycles. The molecule has 2 aromatic rings. The number of carbonyl (C=O) groups excluding carboxylic acids is 2. The molecule has 0 fully saturated rings. The predicted molar refractivity (Wildman–Crippen MR) is 135 cm³/mol. The van der Waals surface area contributed by atoms with Crippen molar-refractivity contribution in [3.8, 4) is 0 Å². The number of hydrogen-bond acceptors (Lipinski definition) is 4. The fourth-order valence-electron chi connectivity index (χ4n) is 3.36. The Labute approximate surface area is 207 Å². The lowest BCUT2D eigenvalue weighted by Gasteiger charge is -2.33. The van der Waals surface area contributed by atoms with Gasteiger partial charge in [0.05, 0.1) is 5.69 Å². The highest BCUT2D eigenvalue weighted by atomic mass is 32.2. The molecule has 10 heteroatoms. The van der Waals surface area contributed by atoms with Crippen LogP contribution in [0.5, 0.6) is 0 Å². The molecule has 0 radical (unpaired) electrons. The largest absolute Gasteiger partial charge is 0.354 e. The molecule has 1 N–H and O–H groups in total. The van der Waals surface area contributed by atoms with Crippen LogP contribution in [0, 0.1) is 12.7 Å². The minimum Gasteiger partial charge on any atom is -0.354 e. The second-order valence-electron chi connectivity index (χ2n) is 8.58. The van der Waals surface area contributed by atoms with Crippen molar-refractivity contribution in [3.05, 3.63) is 65.5 Å². The lowest BCUT2D eigenvalue weighted by Crippen LogP contribution is -2.52. The van der Waals surface area contributed by atoms with E-state index in [1.165, 1.54) is 37.2 Å². The van der Waals surface area contributed by atoms with Crippen molar-refractivity contribution in [3.63, 3.8) is 0 Å². The molecule has 2 amide bonds. The number of para-hydroxylation sites is 1. The van der Waals surface area contributed by atoms with E-state index in [9.17, 15) is 22.4 Å². The zero-order valence-corrected chi connectivity index (χ0v) is 21.8. The first-order valence-corrected chi connectivity index (χ1v) is 13.0. The van der Waals surface area contributed by atoms with Gasteiger partial charge in [-0.25, -0.2) is 8.70 Å². The molecule has 0 bridgehead atoms. The summed E-state index contributed by atoms with van der Waals surface area (Å²) in [6.07, 6.45) is 1.70. The van der Waals surface area contributed by atoms with Crippen LogP contribution in [0.15, 0.2) is 48.5 Å². The van der Waals surface area contributed by atoms with E-state index in [1.54, 1.807) is 6.92 Å². The SMILES string of the molecule is CCCCNC(=O)[C@H](C)N(Cc1ccc(C)cc1)C(=O)CN(c1ccccc1F)S(=O)(=O)N(C)C. The number of hydrogen-bond donors (Lipinski definition) is 1. The number of halogens is 1. The van der Waals surface area contributed by atoms with Crippen molar-refractivity contribution in [2.75, 3.05) is 31.5 Å². The average molecular weight is 507 g/mol. The Morgan fingerprint density at radius 2 is 1.69 bits per heavy atom. The molecule has 1 atom stereocenters. The van der Waals surface area contributed by atoms with Crippen LogP contribution < -0.4 is 9.62 Å².